The summed E-state index contributed by atoms with van der Waals surface area (Å²) in [6.07, 6.45) is 0. The molecule has 0 spiro atoms. The van der Waals surface area contributed by atoms with Gasteiger partial charge in [-0.2, -0.15) is 0 Å². The third kappa shape index (κ3) is 4.07. The van der Waals surface area contributed by atoms with Gasteiger partial charge in [0.2, 0.25) is 5.91 Å². The number of aryl methyl sites for hydroxylation is 1. The van der Waals surface area contributed by atoms with Gasteiger partial charge in [-0.25, -0.2) is 0 Å². The van der Waals surface area contributed by atoms with Gasteiger partial charge in [-0.3, -0.25) is 9.36 Å². The standard InChI is InChI=1S/C15H20N4OS/c1-10(2)13-6-4-12(5-7-13)9-21-15-18-17-11(3)19(15)8-14(16)20/h4-7,10H,8-9H2,1-3H3,(H2,16,20). The van der Waals surface area contributed by atoms with Crippen LogP contribution in [0.25, 0.3) is 0 Å². The second-order valence-electron chi connectivity index (χ2n) is 5.27. The monoisotopic (exact) mass is 304 g/mol. The van der Waals surface area contributed by atoms with Crippen molar-refractivity contribution in [3.8, 4) is 0 Å². The van der Waals surface area contributed by atoms with E-state index in [4.69, 9.17) is 5.73 Å². The minimum Gasteiger partial charge on any atom is -0.368 e. The maximum atomic E-state index is 11.1. The topological polar surface area (TPSA) is 73.8 Å². The van der Waals surface area contributed by atoms with Crippen molar-refractivity contribution < 1.29 is 4.79 Å². The van der Waals surface area contributed by atoms with Crippen molar-refractivity contribution in [1.82, 2.24) is 14.8 Å². The highest BCUT2D eigenvalue weighted by Gasteiger charge is 2.11. The van der Waals surface area contributed by atoms with Crippen LogP contribution in [0.3, 0.4) is 0 Å². The van der Waals surface area contributed by atoms with Crippen LogP contribution in [0.15, 0.2) is 29.4 Å². The number of carbonyl (C=O) groups excluding carboxylic acids is 1. The second-order valence-corrected chi connectivity index (χ2v) is 6.21. The minimum absolute atomic E-state index is 0.119. The predicted octanol–water partition coefficient (Wildman–Crippen LogP) is 2.49. The summed E-state index contributed by atoms with van der Waals surface area (Å²) in [4.78, 5) is 11.1. The first-order valence-corrected chi connectivity index (χ1v) is 7.85. The number of nitrogens with zero attached hydrogens (tertiary/aromatic N) is 3. The molecule has 1 heterocycles. The van der Waals surface area contributed by atoms with Gasteiger partial charge in [0.05, 0.1) is 0 Å². The molecule has 5 nitrogen and oxygen atoms in total. The Morgan fingerprint density at radius 1 is 1.29 bits per heavy atom. The Morgan fingerprint density at radius 3 is 2.52 bits per heavy atom. The molecule has 1 aromatic heterocycles. The number of aromatic nitrogens is 3. The number of rotatable bonds is 6. The van der Waals surface area contributed by atoms with E-state index >= 15 is 0 Å². The lowest BCUT2D eigenvalue weighted by Gasteiger charge is -2.08. The van der Waals surface area contributed by atoms with Gasteiger partial charge in [-0.15, -0.1) is 10.2 Å². The van der Waals surface area contributed by atoms with Crippen LogP contribution in [-0.2, 0) is 17.1 Å². The van der Waals surface area contributed by atoms with E-state index in [1.54, 1.807) is 16.3 Å². The molecule has 112 valence electrons. The molecule has 0 fully saturated rings. The Bertz CT molecular complexity index is 619. The van der Waals surface area contributed by atoms with Crippen molar-refractivity contribution in [3.63, 3.8) is 0 Å². The summed E-state index contributed by atoms with van der Waals surface area (Å²) >= 11 is 1.56. The summed E-state index contributed by atoms with van der Waals surface area (Å²) in [6.45, 7) is 6.29. The predicted molar refractivity (Wildman–Crippen MR) is 84.0 cm³/mol. The lowest BCUT2D eigenvalue weighted by atomic mass is 10.0. The molecule has 0 unspecified atom stereocenters. The van der Waals surface area contributed by atoms with E-state index in [0.29, 0.717) is 11.7 Å². The van der Waals surface area contributed by atoms with Crippen LogP contribution in [0, 0.1) is 6.92 Å². The molecule has 1 amide bonds. The first-order valence-electron chi connectivity index (χ1n) is 6.87. The summed E-state index contributed by atoms with van der Waals surface area (Å²) < 4.78 is 1.75. The van der Waals surface area contributed by atoms with Crippen molar-refractivity contribution in [3.05, 3.63) is 41.2 Å². The molecule has 0 atom stereocenters. The summed E-state index contributed by atoms with van der Waals surface area (Å²) in [7, 11) is 0. The number of hydrogen-bond donors (Lipinski definition) is 1. The molecule has 0 aliphatic heterocycles. The Hall–Kier alpha value is -1.82. The zero-order chi connectivity index (χ0) is 15.4. The fourth-order valence-corrected chi connectivity index (χ4v) is 2.89. The molecule has 0 aliphatic carbocycles. The fraction of sp³-hybridized carbons (Fsp3) is 0.400. The summed E-state index contributed by atoms with van der Waals surface area (Å²) in [6, 6.07) is 8.56. The van der Waals surface area contributed by atoms with Crippen LogP contribution in [0.4, 0.5) is 0 Å². The van der Waals surface area contributed by atoms with Crippen molar-refractivity contribution in [2.45, 2.75) is 44.1 Å². The smallest absolute Gasteiger partial charge is 0.237 e. The number of benzene rings is 1. The normalized spacial score (nSPS) is 11.0. The van der Waals surface area contributed by atoms with Crippen molar-refractivity contribution in [2.24, 2.45) is 5.73 Å². The Labute approximate surface area is 128 Å². The third-order valence-corrected chi connectivity index (χ3v) is 4.27. The highest BCUT2D eigenvalue weighted by atomic mass is 32.2. The molecule has 2 aromatic rings. The highest BCUT2D eigenvalue weighted by molar-refractivity contribution is 7.98. The Balaban J connectivity index is 2.04. The van der Waals surface area contributed by atoms with E-state index in [0.717, 1.165) is 10.9 Å². The molecule has 0 radical (unpaired) electrons. The van der Waals surface area contributed by atoms with Gasteiger partial charge in [0.25, 0.3) is 0 Å². The molecule has 1 aromatic carbocycles. The SMILES string of the molecule is Cc1nnc(SCc2ccc(C(C)C)cc2)n1CC(N)=O. The molecule has 0 saturated carbocycles. The molecule has 0 bridgehead atoms. The van der Waals surface area contributed by atoms with Crippen molar-refractivity contribution in [2.75, 3.05) is 0 Å². The van der Waals surface area contributed by atoms with E-state index in [9.17, 15) is 4.79 Å². The lowest BCUT2D eigenvalue weighted by Crippen LogP contribution is -2.20. The second kappa shape index (κ2) is 6.76. The molecular formula is C15H20N4OS. The number of nitrogens with two attached hydrogens (primary N) is 1. The molecule has 0 aliphatic rings. The quantitative estimate of drug-likeness (QED) is 0.832. The van der Waals surface area contributed by atoms with Gasteiger partial charge in [-0.1, -0.05) is 49.9 Å². The van der Waals surface area contributed by atoms with Crippen LogP contribution < -0.4 is 5.73 Å². The molecule has 6 heteroatoms. The molecule has 2 rings (SSSR count). The van der Waals surface area contributed by atoms with Crippen molar-refractivity contribution in [1.29, 1.82) is 0 Å². The average Bonchev–Trinajstić information content (AvgIpc) is 2.77. The largest absolute Gasteiger partial charge is 0.368 e. The molecule has 0 saturated heterocycles. The Kier molecular flexibility index (Phi) is 5.01. The maximum absolute atomic E-state index is 11.1. The third-order valence-electron chi connectivity index (χ3n) is 3.23. The van der Waals surface area contributed by atoms with Gasteiger partial charge < -0.3 is 5.73 Å². The Morgan fingerprint density at radius 2 is 1.95 bits per heavy atom. The average molecular weight is 304 g/mol. The maximum Gasteiger partial charge on any atom is 0.237 e. The summed E-state index contributed by atoms with van der Waals surface area (Å²) in [5, 5.41) is 8.82. The van der Waals surface area contributed by atoms with E-state index in [1.807, 2.05) is 6.92 Å². The van der Waals surface area contributed by atoms with Crippen LogP contribution in [0.2, 0.25) is 0 Å². The van der Waals surface area contributed by atoms with Crippen molar-refractivity contribution >= 4 is 17.7 Å². The molecular weight excluding hydrogens is 284 g/mol. The molecule has 2 N–H and O–H groups in total. The van der Waals surface area contributed by atoms with Gasteiger partial charge in [0, 0.05) is 5.75 Å². The van der Waals surface area contributed by atoms with E-state index in [-0.39, 0.29) is 12.5 Å². The number of primary amides is 1. The van der Waals surface area contributed by atoms with Crippen LogP contribution in [0.5, 0.6) is 0 Å². The van der Waals surface area contributed by atoms with E-state index in [1.165, 1.54) is 11.1 Å². The summed E-state index contributed by atoms with van der Waals surface area (Å²) in [5.41, 5.74) is 7.80. The zero-order valence-electron chi connectivity index (χ0n) is 12.5. The first-order chi connectivity index (χ1) is 9.97. The summed E-state index contributed by atoms with van der Waals surface area (Å²) in [5.74, 6) is 1.63. The van der Waals surface area contributed by atoms with E-state index < -0.39 is 0 Å². The van der Waals surface area contributed by atoms with Gasteiger partial charge in [-0.05, 0) is 24.0 Å². The number of hydrogen-bond acceptors (Lipinski definition) is 4. The first kappa shape index (κ1) is 15.6. The van der Waals surface area contributed by atoms with E-state index in [2.05, 4.69) is 48.3 Å². The lowest BCUT2D eigenvalue weighted by molar-refractivity contribution is -0.118. The van der Waals surface area contributed by atoms with Crippen LogP contribution >= 0.6 is 11.8 Å². The number of amides is 1. The van der Waals surface area contributed by atoms with Gasteiger partial charge in [0.15, 0.2) is 5.16 Å². The van der Waals surface area contributed by atoms with Gasteiger partial charge >= 0.3 is 0 Å². The van der Waals surface area contributed by atoms with Crippen LogP contribution in [0.1, 0.15) is 36.7 Å². The molecule has 21 heavy (non-hydrogen) atoms. The number of thioether (sulfide) groups is 1. The van der Waals surface area contributed by atoms with Gasteiger partial charge in [0.1, 0.15) is 12.4 Å². The minimum atomic E-state index is -0.388. The number of carbonyl (C=O) groups is 1. The highest BCUT2D eigenvalue weighted by Crippen LogP contribution is 2.23. The zero-order valence-corrected chi connectivity index (χ0v) is 13.4. The fourth-order valence-electron chi connectivity index (χ4n) is 1.95. The van der Waals surface area contributed by atoms with Crippen LogP contribution in [-0.4, -0.2) is 20.7 Å².